The summed E-state index contributed by atoms with van der Waals surface area (Å²) in [5.74, 6) is 0.731. The van der Waals surface area contributed by atoms with Gasteiger partial charge in [-0.15, -0.1) is 0 Å². The number of benzene rings is 2. The van der Waals surface area contributed by atoms with Gasteiger partial charge in [0.1, 0.15) is 23.3 Å². The molecule has 2 aliphatic rings. The molecule has 2 amide bonds. The average Bonchev–Trinajstić information content (AvgIpc) is 4.02. The smallest absolute Gasteiger partial charge is 0.407 e. The minimum atomic E-state index is -0.554. The molecule has 19 heteroatoms. The molecule has 4 heterocycles. The second-order valence-corrected chi connectivity index (χ2v) is 16.7. The molecule has 9 N–H and O–H groups in total. The number of hydrogen-bond acceptors (Lipinski definition) is 15. The Hall–Kier alpha value is -7.59. The third kappa shape index (κ3) is 12.1. The fraction of sp³-hybridized carbons (Fsp3) is 0.356. The molecule has 6 aromatic rings. The predicted molar refractivity (Wildman–Crippen MR) is 244 cm³/mol. The summed E-state index contributed by atoms with van der Waals surface area (Å²) in [6, 6.07) is 21.1. The highest BCUT2D eigenvalue weighted by Crippen LogP contribution is 2.29. The van der Waals surface area contributed by atoms with E-state index in [0.717, 1.165) is 74.1 Å². The molecule has 2 aromatic carbocycles. The summed E-state index contributed by atoms with van der Waals surface area (Å²) in [5, 5.41) is 42.7. The molecule has 0 radical (unpaired) electrons. The number of hydrogen-bond donors (Lipinski definition) is 7. The highest BCUT2D eigenvalue weighted by molar-refractivity contribution is 5.99. The molecule has 64 heavy (non-hydrogen) atoms. The topological polar surface area (TPSA) is 267 Å². The fourth-order valence-electron chi connectivity index (χ4n) is 7.64. The molecule has 2 saturated carbocycles. The van der Waals surface area contributed by atoms with E-state index in [9.17, 15) is 14.9 Å². The Labute approximate surface area is 371 Å². The summed E-state index contributed by atoms with van der Waals surface area (Å²) in [4.78, 5) is 36.1. The molecular formula is C45H54N16O3. The molecule has 0 aliphatic heterocycles. The summed E-state index contributed by atoms with van der Waals surface area (Å²) in [6.07, 6.45) is 17.2. The number of ether oxygens (including phenoxy) is 1. The van der Waals surface area contributed by atoms with E-state index in [4.69, 9.17) is 16.2 Å². The normalized spacial score (nSPS) is 18.3. The third-order valence-electron chi connectivity index (χ3n) is 10.7. The Morgan fingerprint density at radius 3 is 1.80 bits per heavy atom. The lowest BCUT2D eigenvalue weighted by atomic mass is 9.90. The van der Waals surface area contributed by atoms with Crippen molar-refractivity contribution >= 4 is 46.4 Å². The highest BCUT2D eigenvalue weighted by Gasteiger charge is 2.29. The zero-order valence-corrected chi connectivity index (χ0v) is 36.1. The number of carbonyl (C=O) groups excluding carboxylic acids is 2. The second kappa shape index (κ2) is 20.5. The van der Waals surface area contributed by atoms with Gasteiger partial charge in [0.2, 0.25) is 0 Å². The van der Waals surface area contributed by atoms with E-state index in [0.29, 0.717) is 34.1 Å². The van der Waals surface area contributed by atoms with E-state index in [1.165, 1.54) is 15.8 Å². The molecule has 0 bridgehead atoms. The number of carbonyl (C=O) groups is 2. The first-order valence-corrected chi connectivity index (χ1v) is 21.4. The molecular weight excluding hydrogens is 813 g/mol. The number of rotatable bonds is 12. The van der Waals surface area contributed by atoms with Crippen molar-refractivity contribution < 1.29 is 14.3 Å². The lowest BCUT2D eigenvalue weighted by Gasteiger charge is -2.33. The summed E-state index contributed by atoms with van der Waals surface area (Å²) >= 11 is 0. The zero-order chi connectivity index (χ0) is 45.1. The Kier molecular flexibility index (Phi) is 14.3. The van der Waals surface area contributed by atoms with E-state index in [1.54, 1.807) is 37.1 Å². The van der Waals surface area contributed by atoms with Gasteiger partial charge in [-0.05, 0) is 82.9 Å². The first-order valence-electron chi connectivity index (χ1n) is 21.4. The molecule has 332 valence electrons. The van der Waals surface area contributed by atoms with Gasteiger partial charge in [0.15, 0.2) is 0 Å². The van der Waals surface area contributed by atoms with E-state index < -0.39 is 17.6 Å². The van der Waals surface area contributed by atoms with E-state index in [1.807, 2.05) is 75.4 Å². The van der Waals surface area contributed by atoms with E-state index in [2.05, 4.69) is 63.0 Å². The molecule has 19 nitrogen and oxygen atoms in total. The first kappa shape index (κ1) is 44.5. The van der Waals surface area contributed by atoms with Gasteiger partial charge in [-0.2, -0.15) is 35.2 Å². The number of pyridine rings is 2. The van der Waals surface area contributed by atoms with Gasteiger partial charge in [0.25, 0.3) is 5.91 Å². The molecule has 4 aromatic heterocycles. The highest BCUT2D eigenvalue weighted by atomic mass is 16.6. The van der Waals surface area contributed by atoms with Crippen molar-refractivity contribution in [3.63, 3.8) is 0 Å². The van der Waals surface area contributed by atoms with Gasteiger partial charge in [-0.1, -0.05) is 37.8 Å². The number of anilines is 6. The standard InChI is InChI=1S/C25H30N8O2.C20H24N8O/c1-25(2,3)35-24(34)32-21-10-5-4-9-20(21)31-23-14-22(17(15-26)16-27-23)30-18-7-6-8-19(13-18)33-28-11-12-29-33;21-16-6-1-2-7-17(16)27-19-11-18(15(12-23-19)20(22)29)26-13-4-3-5-14(10-13)28-24-8-9-25-28/h6-8,11-14,16,20-21H,4-5,9-10H2,1-3H3,(H,32,34)(H2,27,30,31);3-5,8-12,16-17H,1-2,6-7,21H2,(H2,22,29)(H2,23,26,27)/t20-,21+;16-,17+/m10/s1. The predicted octanol–water partition coefficient (Wildman–Crippen LogP) is 6.71. The van der Waals surface area contributed by atoms with Crippen LogP contribution in [0.25, 0.3) is 11.4 Å². The lowest BCUT2D eigenvalue weighted by Crippen LogP contribution is -2.49. The Bertz CT molecular complexity index is 2530. The van der Waals surface area contributed by atoms with Crippen LogP contribution in [0.3, 0.4) is 0 Å². The van der Waals surface area contributed by atoms with Crippen molar-refractivity contribution in [1.82, 2.24) is 45.3 Å². The summed E-state index contributed by atoms with van der Waals surface area (Å²) in [7, 11) is 0. The van der Waals surface area contributed by atoms with Crippen molar-refractivity contribution in [1.29, 1.82) is 5.26 Å². The van der Waals surface area contributed by atoms with Gasteiger partial charge in [0, 0.05) is 54.0 Å². The minimum absolute atomic E-state index is 0.00114. The van der Waals surface area contributed by atoms with Crippen molar-refractivity contribution in [3.05, 3.63) is 109 Å². The molecule has 4 atom stereocenters. The van der Waals surface area contributed by atoms with Crippen LogP contribution in [0.2, 0.25) is 0 Å². The number of nitrogens with zero attached hydrogens (tertiary/aromatic N) is 9. The maximum absolute atomic E-state index is 12.3. The van der Waals surface area contributed by atoms with E-state index in [-0.39, 0.29) is 24.2 Å². The maximum atomic E-state index is 12.3. The number of nitriles is 1. The van der Waals surface area contributed by atoms with E-state index >= 15 is 0 Å². The molecule has 0 unspecified atom stereocenters. The maximum Gasteiger partial charge on any atom is 0.407 e. The van der Waals surface area contributed by atoms with Crippen molar-refractivity contribution in [3.8, 4) is 17.4 Å². The van der Waals surface area contributed by atoms with Crippen LogP contribution in [0.1, 0.15) is 88.1 Å². The summed E-state index contributed by atoms with van der Waals surface area (Å²) in [6.45, 7) is 5.54. The number of nitrogens with one attached hydrogen (secondary N) is 5. The molecule has 0 saturated heterocycles. The quantitative estimate of drug-likeness (QED) is 0.0674. The van der Waals surface area contributed by atoms with Gasteiger partial charge < -0.3 is 42.8 Å². The van der Waals surface area contributed by atoms with Crippen LogP contribution >= 0.6 is 0 Å². The monoisotopic (exact) mass is 866 g/mol. The average molecular weight is 867 g/mol. The largest absolute Gasteiger partial charge is 0.444 e. The number of alkyl carbamates (subject to hydrolysis) is 1. The van der Waals surface area contributed by atoms with Crippen LogP contribution < -0.4 is 38.1 Å². The number of aromatic nitrogens is 8. The minimum Gasteiger partial charge on any atom is -0.444 e. The Morgan fingerprint density at radius 1 is 0.719 bits per heavy atom. The SMILES string of the molecule is CC(C)(C)OC(=O)N[C@H]1CCCC[C@H]1Nc1cc(Nc2cccc(-n3nccn3)c2)c(C#N)cn1.NC(=O)c1cnc(N[C@@H]2CCCC[C@@H]2N)cc1Nc1cccc(-n2nccn2)c1. The zero-order valence-electron chi connectivity index (χ0n) is 36.1. The van der Waals surface area contributed by atoms with Crippen molar-refractivity contribution in [2.24, 2.45) is 11.5 Å². The van der Waals surface area contributed by atoms with Crippen LogP contribution in [0.4, 0.5) is 39.2 Å². The molecule has 2 fully saturated rings. The van der Waals surface area contributed by atoms with Crippen molar-refractivity contribution in [2.45, 2.75) is 102 Å². The van der Waals surface area contributed by atoms with Gasteiger partial charge in [-0.25, -0.2) is 14.8 Å². The third-order valence-corrected chi connectivity index (χ3v) is 10.7. The fourth-order valence-corrected chi connectivity index (χ4v) is 7.64. The molecule has 2 aliphatic carbocycles. The summed E-state index contributed by atoms with van der Waals surface area (Å²) in [5.41, 5.74) is 16.3. The summed E-state index contributed by atoms with van der Waals surface area (Å²) < 4.78 is 5.44. The van der Waals surface area contributed by atoms with Gasteiger partial charge >= 0.3 is 6.09 Å². The number of nitrogens with two attached hydrogens (primary N) is 2. The van der Waals surface area contributed by atoms with Crippen LogP contribution in [0, 0.1) is 11.3 Å². The Balaban J connectivity index is 0.000000195. The van der Waals surface area contributed by atoms with Crippen molar-refractivity contribution in [2.75, 3.05) is 21.3 Å². The van der Waals surface area contributed by atoms with Crippen LogP contribution in [-0.2, 0) is 4.74 Å². The lowest BCUT2D eigenvalue weighted by molar-refractivity contribution is 0.0488. The van der Waals surface area contributed by atoms with Gasteiger partial charge in [0.05, 0.1) is 64.7 Å². The van der Waals surface area contributed by atoms with Crippen LogP contribution in [-0.4, -0.2) is 81.7 Å². The Morgan fingerprint density at radius 2 is 1.23 bits per heavy atom. The van der Waals surface area contributed by atoms with Crippen LogP contribution in [0.5, 0.6) is 0 Å². The molecule has 0 spiro atoms. The molecule has 8 rings (SSSR count). The second-order valence-electron chi connectivity index (χ2n) is 16.7. The van der Waals surface area contributed by atoms with Crippen LogP contribution in [0.15, 0.2) is 97.8 Å². The van der Waals surface area contributed by atoms with Gasteiger partial charge in [-0.3, -0.25) is 4.79 Å². The number of primary amides is 1. The number of amides is 2. The first-order chi connectivity index (χ1) is 30.9.